The Balaban J connectivity index is 2.18. The first-order valence-corrected chi connectivity index (χ1v) is 7.64. The summed E-state index contributed by atoms with van der Waals surface area (Å²) >= 11 is 6.45. The van der Waals surface area contributed by atoms with E-state index in [1.165, 1.54) is 17.7 Å². The van der Waals surface area contributed by atoms with Crippen LogP contribution in [0.4, 0.5) is 5.69 Å². The van der Waals surface area contributed by atoms with Crippen molar-refractivity contribution in [2.24, 2.45) is 5.41 Å². The molecule has 0 saturated carbocycles. The third-order valence-electron chi connectivity index (χ3n) is 3.81. The molecule has 1 saturated heterocycles. The Morgan fingerprint density at radius 1 is 1.37 bits per heavy atom. The lowest BCUT2D eigenvalue weighted by Crippen LogP contribution is -2.25. The topological polar surface area (TPSA) is 15.3 Å². The zero-order valence-electron chi connectivity index (χ0n) is 12.3. The van der Waals surface area contributed by atoms with E-state index in [9.17, 15) is 0 Å². The quantitative estimate of drug-likeness (QED) is 0.818. The number of halogens is 1. The number of hydrogen-bond acceptors (Lipinski definition) is 2. The van der Waals surface area contributed by atoms with Gasteiger partial charge >= 0.3 is 0 Å². The molecule has 1 N–H and O–H groups in total. The Morgan fingerprint density at radius 3 is 2.79 bits per heavy atom. The number of anilines is 1. The van der Waals surface area contributed by atoms with E-state index in [1.807, 2.05) is 6.07 Å². The smallest absolute Gasteiger partial charge is 0.0642 e. The second-order valence-corrected chi connectivity index (χ2v) is 6.67. The van der Waals surface area contributed by atoms with Gasteiger partial charge in [-0.3, -0.25) is 0 Å². The average molecular weight is 281 g/mol. The first-order valence-electron chi connectivity index (χ1n) is 7.26. The Morgan fingerprint density at radius 2 is 2.16 bits per heavy atom. The molecule has 0 spiro atoms. The minimum atomic E-state index is 0.396. The van der Waals surface area contributed by atoms with E-state index in [2.05, 4.69) is 43.1 Å². The molecule has 0 radical (unpaired) electrons. The molecule has 3 heteroatoms. The van der Waals surface area contributed by atoms with Crippen LogP contribution in [0.1, 0.15) is 39.2 Å². The second kappa shape index (κ2) is 6.15. The minimum absolute atomic E-state index is 0.396. The van der Waals surface area contributed by atoms with Crippen molar-refractivity contribution >= 4 is 17.3 Å². The van der Waals surface area contributed by atoms with Gasteiger partial charge in [0.1, 0.15) is 0 Å². The first-order chi connectivity index (χ1) is 9.03. The number of benzene rings is 1. The molecule has 1 fully saturated rings. The summed E-state index contributed by atoms with van der Waals surface area (Å²) in [6.07, 6.45) is 2.40. The molecule has 1 heterocycles. The minimum Gasteiger partial charge on any atom is -0.370 e. The van der Waals surface area contributed by atoms with Crippen LogP contribution in [0.25, 0.3) is 0 Å². The van der Waals surface area contributed by atoms with Gasteiger partial charge < -0.3 is 10.2 Å². The molecule has 1 aliphatic rings. The summed E-state index contributed by atoms with van der Waals surface area (Å²) in [6, 6.07) is 6.25. The fraction of sp³-hybridized carbons (Fsp3) is 0.625. The van der Waals surface area contributed by atoms with Crippen molar-refractivity contribution in [2.75, 3.05) is 24.5 Å². The zero-order valence-corrected chi connectivity index (χ0v) is 13.1. The summed E-state index contributed by atoms with van der Waals surface area (Å²) < 4.78 is 0. The zero-order chi connectivity index (χ0) is 13.9. The molecule has 19 heavy (non-hydrogen) atoms. The van der Waals surface area contributed by atoms with Crippen LogP contribution in [0.15, 0.2) is 18.2 Å². The average Bonchev–Trinajstić information content (AvgIpc) is 2.70. The molecule has 0 amide bonds. The van der Waals surface area contributed by atoms with E-state index in [-0.39, 0.29) is 0 Å². The van der Waals surface area contributed by atoms with Crippen molar-refractivity contribution < 1.29 is 0 Å². The van der Waals surface area contributed by atoms with E-state index >= 15 is 0 Å². The second-order valence-electron chi connectivity index (χ2n) is 6.26. The highest BCUT2D eigenvalue weighted by molar-refractivity contribution is 6.33. The van der Waals surface area contributed by atoms with Crippen LogP contribution < -0.4 is 10.2 Å². The van der Waals surface area contributed by atoms with Gasteiger partial charge in [-0.25, -0.2) is 0 Å². The van der Waals surface area contributed by atoms with Crippen LogP contribution in [-0.4, -0.2) is 19.6 Å². The van der Waals surface area contributed by atoms with Crippen LogP contribution in [0.5, 0.6) is 0 Å². The van der Waals surface area contributed by atoms with Crippen LogP contribution in [0, 0.1) is 5.41 Å². The number of nitrogens with one attached hydrogen (secondary N) is 1. The van der Waals surface area contributed by atoms with Crippen LogP contribution in [-0.2, 0) is 6.54 Å². The number of hydrogen-bond donors (Lipinski definition) is 1. The Kier molecular flexibility index (Phi) is 4.75. The fourth-order valence-electron chi connectivity index (χ4n) is 2.76. The van der Waals surface area contributed by atoms with Gasteiger partial charge in [-0.05, 0) is 36.4 Å². The van der Waals surface area contributed by atoms with Gasteiger partial charge in [-0.2, -0.15) is 0 Å². The highest BCUT2D eigenvalue weighted by Crippen LogP contribution is 2.37. The highest BCUT2D eigenvalue weighted by atomic mass is 35.5. The van der Waals surface area contributed by atoms with Crippen molar-refractivity contribution in [2.45, 2.75) is 40.2 Å². The van der Waals surface area contributed by atoms with Crippen molar-refractivity contribution in [3.8, 4) is 0 Å². The predicted molar refractivity (Wildman–Crippen MR) is 84.1 cm³/mol. The summed E-state index contributed by atoms with van der Waals surface area (Å²) in [5.74, 6) is 0. The molecule has 0 bridgehead atoms. The van der Waals surface area contributed by atoms with Crippen LogP contribution in [0.2, 0.25) is 5.02 Å². The van der Waals surface area contributed by atoms with Crippen molar-refractivity contribution in [1.82, 2.24) is 5.32 Å². The van der Waals surface area contributed by atoms with E-state index in [0.717, 1.165) is 37.6 Å². The molecule has 1 aliphatic heterocycles. The summed E-state index contributed by atoms with van der Waals surface area (Å²) in [7, 11) is 0. The standard InChI is InChI=1S/C16H25ClN2/c1-4-9-18-11-13-6-5-7-14(17)15(13)19-10-8-16(2,3)12-19/h5-7,18H,4,8-12H2,1-3H3. The number of nitrogens with zero attached hydrogens (tertiary/aromatic N) is 1. The fourth-order valence-corrected chi connectivity index (χ4v) is 3.07. The Hall–Kier alpha value is -0.730. The van der Waals surface area contributed by atoms with E-state index in [0.29, 0.717) is 5.41 Å². The van der Waals surface area contributed by atoms with Crippen LogP contribution >= 0.6 is 11.6 Å². The van der Waals surface area contributed by atoms with Crippen molar-refractivity contribution in [1.29, 1.82) is 0 Å². The maximum atomic E-state index is 6.45. The summed E-state index contributed by atoms with van der Waals surface area (Å²) in [5, 5.41) is 4.36. The lowest BCUT2D eigenvalue weighted by molar-refractivity contribution is 0.418. The lowest BCUT2D eigenvalue weighted by atomic mass is 9.93. The normalized spacial score (nSPS) is 18.0. The molecule has 106 valence electrons. The van der Waals surface area contributed by atoms with Crippen molar-refractivity contribution in [3.63, 3.8) is 0 Å². The molecule has 0 unspecified atom stereocenters. The SMILES string of the molecule is CCCNCc1cccc(Cl)c1N1CCC(C)(C)C1. The number of rotatable bonds is 5. The largest absolute Gasteiger partial charge is 0.370 e. The third-order valence-corrected chi connectivity index (χ3v) is 4.11. The van der Waals surface area contributed by atoms with Gasteiger partial charge in [-0.1, -0.05) is 44.5 Å². The van der Waals surface area contributed by atoms with Gasteiger partial charge in [-0.15, -0.1) is 0 Å². The Bertz CT molecular complexity index is 429. The molecule has 1 aromatic rings. The third kappa shape index (κ3) is 3.64. The van der Waals surface area contributed by atoms with E-state index in [4.69, 9.17) is 11.6 Å². The molecule has 2 nitrogen and oxygen atoms in total. The molecular weight excluding hydrogens is 256 g/mol. The van der Waals surface area contributed by atoms with E-state index in [1.54, 1.807) is 0 Å². The summed E-state index contributed by atoms with van der Waals surface area (Å²) in [5.41, 5.74) is 2.95. The molecular formula is C16H25ClN2. The maximum absolute atomic E-state index is 6.45. The lowest BCUT2D eigenvalue weighted by Gasteiger charge is -2.25. The first kappa shape index (κ1) is 14.7. The molecule has 2 rings (SSSR count). The molecule has 0 aliphatic carbocycles. The van der Waals surface area contributed by atoms with Gasteiger partial charge in [0.15, 0.2) is 0 Å². The van der Waals surface area contributed by atoms with Crippen molar-refractivity contribution in [3.05, 3.63) is 28.8 Å². The van der Waals surface area contributed by atoms with Crippen LogP contribution in [0.3, 0.4) is 0 Å². The van der Waals surface area contributed by atoms with Gasteiger partial charge in [0.25, 0.3) is 0 Å². The highest BCUT2D eigenvalue weighted by Gasteiger charge is 2.31. The summed E-state index contributed by atoms with van der Waals surface area (Å²) in [6.45, 7) is 11.0. The molecule has 0 atom stereocenters. The monoisotopic (exact) mass is 280 g/mol. The predicted octanol–water partition coefficient (Wildman–Crippen LogP) is 4.08. The number of para-hydroxylation sites is 1. The summed E-state index contributed by atoms with van der Waals surface area (Å²) in [4.78, 5) is 2.45. The van der Waals surface area contributed by atoms with E-state index < -0.39 is 0 Å². The van der Waals surface area contributed by atoms with Gasteiger partial charge in [0.05, 0.1) is 10.7 Å². The van der Waals surface area contributed by atoms with Gasteiger partial charge in [0.2, 0.25) is 0 Å². The molecule has 0 aromatic heterocycles. The molecule has 1 aromatic carbocycles. The Labute approximate surface area is 122 Å². The van der Waals surface area contributed by atoms with Gasteiger partial charge in [0, 0.05) is 19.6 Å². The maximum Gasteiger partial charge on any atom is 0.0642 e.